The van der Waals surface area contributed by atoms with Crippen molar-refractivity contribution in [1.82, 2.24) is 4.98 Å². The molecule has 0 unspecified atom stereocenters. The average Bonchev–Trinajstić information content (AvgIpc) is 2.34. The van der Waals surface area contributed by atoms with E-state index < -0.39 is 57.8 Å². The molecule has 0 atom stereocenters. The highest BCUT2D eigenvalue weighted by atomic mass is 35.5. The van der Waals surface area contributed by atoms with E-state index in [1.54, 1.807) is 0 Å². The second-order valence-electron chi connectivity index (χ2n) is 5.05. The van der Waals surface area contributed by atoms with Crippen LogP contribution >= 0.6 is 11.6 Å². The summed E-state index contributed by atoms with van der Waals surface area (Å²) in [6, 6.07) is 0. The number of alkyl halides is 5. The zero-order valence-electron chi connectivity index (χ0n) is 11.8. The van der Waals surface area contributed by atoms with Crippen LogP contribution in [0.5, 0.6) is 0 Å². The van der Waals surface area contributed by atoms with Crippen LogP contribution in [0.15, 0.2) is 0 Å². The molecule has 0 aliphatic rings. The second-order valence-corrected chi connectivity index (χ2v) is 5.39. The zero-order chi connectivity index (χ0) is 18.1. The van der Waals surface area contributed by atoms with Gasteiger partial charge in [-0.05, 0) is 29.5 Å². The standard InChI is InChI=1S/C13H11ClF5NO3/c1-4(2)3-5-6(10(14)21)8(11(15)16)20-9(13(17,18)19)7(5)12(22)23/h4,11H,3H2,1-2H3,(H,22,23). The maximum Gasteiger partial charge on any atom is 0.434 e. The predicted octanol–water partition coefficient (Wildman–Crippen LogP) is 4.31. The Morgan fingerprint density at radius 1 is 1.22 bits per heavy atom. The van der Waals surface area contributed by atoms with Gasteiger partial charge in [0.15, 0.2) is 5.69 Å². The Hall–Kier alpha value is -1.77. The van der Waals surface area contributed by atoms with Gasteiger partial charge in [0, 0.05) is 0 Å². The zero-order valence-corrected chi connectivity index (χ0v) is 12.6. The van der Waals surface area contributed by atoms with Crippen LogP contribution in [0.25, 0.3) is 0 Å². The summed E-state index contributed by atoms with van der Waals surface area (Å²) in [5.41, 5.74) is -6.46. The van der Waals surface area contributed by atoms with Gasteiger partial charge in [-0.25, -0.2) is 18.6 Å². The molecule has 1 N–H and O–H groups in total. The van der Waals surface area contributed by atoms with Crippen LogP contribution in [-0.4, -0.2) is 21.3 Å². The fraction of sp³-hybridized carbons (Fsp3) is 0.462. The van der Waals surface area contributed by atoms with Crippen LogP contribution in [-0.2, 0) is 12.6 Å². The van der Waals surface area contributed by atoms with E-state index in [0.29, 0.717) is 0 Å². The number of hydrogen-bond acceptors (Lipinski definition) is 3. The third-order valence-electron chi connectivity index (χ3n) is 2.83. The monoisotopic (exact) mass is 359 g/mol. The van der Waals surface area contributed by atoms with E-state index in [1.165, 1.54) is 13.8 Å². The number of hydrogen-bond donors (Lipinski definition) is 1. The highest BCUT2D eigenvalue weighted by Crippen LogP contribution is 2.37. The molecule has 0 fully saturated rings. The Kier molecular flexibility index (Phi) is 5.68. The van der Waals surface area contributed by atoms with Gasteiger partial charge in [-0.15, -0.1) is 0 Å². The number of aromatic nitrogens is 1. The van der Waals surface area contributed by atoms with Crippen molar-refractivity contribution in [2.45, 2.75) is 32.9 Å². The summed E-state index contributed by atoms with van der Waals surface area (Å²) in [5, 5.41) is 7.59. The molecule has 0 spiro atoms. The van der Waals surface area contributed by atoms with Crippen molar-refractivity contribution >= 4 is 22.8 Å². The molecular weight excluding hydrogens is 349 g/mol. The molecule has 1 rings (SSSR count). The molecule has 128 valence electrons. The average molecular weight is 360 g/mol. The molecule has 1 heterocycles. The van der Waals surface area contributed by atoms with Crippen molar-refractivity contribution in [1.29, 1.82) is 0 Å². The number of carboxylic acids is 1. The summed E-state index contributed by atoms with van der Waals surface area (Å²) in [6.45, 7) is 3.04. The number of halogens is 6. The predicted molar refractivity (Wildman–Crippen MR) is 69.9 cm³/mol. The van der Waals surface area contributed by atoms with E-state index in [4.69, 9.17) is 16.7 Å². The van der Waals surface area contributed by atoms with Gasteiger partial charge in [0.25, 0.3) is 11.7 Å². The number of rotatable bonds is 5. The highest BCUT2D eigenvalue weighted by molar-refractivity contribution is 6.68. The number of carbonyl (C=O) groups excluding carboxylic acids is 1. The first-order chi connectivity index (χ1) is 10.4. The summed E-state index contributed by atoms with van der Waals surface area (Å²) >= 11 is 5.20. The number of aromatic carboxylic acids is 1. The molecule has 0 saturated heterocycles. The van der Waals surface area contributed by atoms with E-state index in [1.807, 2.05) is 0 Å². The molecule has 0 saturated carbocycles. The summed E-state index contributed by atoms with van der Waals surface area (Å²) < 4.78 is 65.1. The second kappa shape index (κ2) is 6.77. The third kappa shape index (κ3) is 4.15. The fourth-order valence-corrected chi connectivity index (χ4v) is 2.29. The lowest BCUT2D eigenvalue weighted by atomic mass is 9.91. The third-order valence-corrected chi connectivity index (χ3v) is 3.02. The van der Waals surface area contributed by atoms with Crippen molar-refractivity contribution in [3.8, 4) is 0 Å². The summed E-state index contributed by atoms with van der Waals surface area (Å²) in [7, 11) is 0. The number of pyridine rings is 1. The van der Waals surface area contributed by atoms with Crippen LogP contribution in [0, 0.1) is 5.92 Å². The molecule has 0 aliphatic carbocycles. The number of nitrogens with zero attached hydrogens (tertiary/aromatic N) is 1. The molecule has 1 aromatic rings. The van der Waals surface area contributed by atoms with Gasteiger partial charge in [0.1, 0.15) is 5.69 Å². The number of carboxylic acid groups (broad SMARTS) is 1. The molecule has 0 amide bonds. The maximum atomic E-state index is 13.0. The van der Waals surface area contributed by atoms with E-state index in [-0.39, 0.29) is 6.42 Å². The lowest BCUT2D eigenvalue weighted by molar-refractivity contribution is -0.142. The van der Waals surface area contributed by atoms with E-state index in [2.05, 4.69) is 4.98 Å². The molecule has 0 radical (unpaired) electrons. The topological polar surface area (TPSA) is 67.3 Å². The van der Waals surface area contributed by atoms with E-state index in [0.717, 1.165) is 0 Å². The Morgan fingerprint density at radius 2 is 1.74 bits per heavy atom. The number of carbonyl (C=O) groups is 2. The van der Waals surface area contributed by atoms with E-state index in [9.17, 15) is 31.5 Å². The normalized spacial score (nSPS) is 12.1. The van der Waals surface area contributed by atoms with Crippen molar-refractivity contribution in [2.75, 3.05) is 0 Å². The van der Waals surface area contributed by atoms with Crippen molar-refractivity contribution in [2.24, 2.45) is 5.92 Å². The van der Waals surface area contributed by atoms with Crippen LogP contribution in [0.1, 0.15) is 57.9 Å². The summed E-state index contributed by atoms with van der Waals surface area (Å²) in [6.07, 6.45) is -9.17. The highest BCUT2D eigenvalue weighted by Gasteiger charge is 2.42. The molecule has 23 heavy (non-hydrogen) atoms. The summed E-state index contributed by atoms with van der Waals surface area (Å²) in [5.74, 6) is -2.45. The lowest BCUT2D eigenvalue weighted by Gasteiger charge is -2.19. The van der Waals surface area contributed by atoms with Gasteiger partial charge in [0.05, 0.1) is 11.1 Å². The summed E-state index contributed by atoms with van der Waals surface area (Å²) in [4.78, 5) is 25.4. The quantitative estimate of drug-likeness (QED) is 0.628. The minimum Gasteiger partial charge on any atom is -0.478 e. The Morgan fingerprint density at radius 3 is 2.04 bits per heavy atom. The van der Waals surface area contributed by atoms with Crippen LogP contribution < -0.4 is 0 Å². The van der Waals surface area contributed by atoms with Crippen LogP contribution in [0.4, 0.5) is 22.0 Å². The smallest absolute Gasteiger partial charge is 0.434 e. The first-order valence-corrected chi connectivity index (χ1v) is 6.60. The van der Waals surface area contributed by atoms with Gasteiger partial charge in [-0.3, -0.25) is 4.79 Å². The van der Waals surface area contributed by atoms with Crippen molar-refractivity contribution in [3.05, 3.63) is 28.1 Å². The molecule has 0 bridgehead atoms. The Labute approximate surface area is 132 Å². The first kappa shape index (κ1) is 19.3. The Bertz CT molecular complexity index is 643. The van der Waals surface area contributed by atoms with Crippen LogP contribution in [0.3, 0.4) is 0 Å². The molecule has 1 aromatic heterocycles. The molecule has 10 heteroatoms. The van der Waals surface area contributed by atoms with Gasteiger partial charge < -0.3 is 5.11 Å². The molecular formula is C13H11ClF5NO3. The first-order valence-electron chi connectivity index (χ1n) is 6.23. The van der Waals surface area contributed by atoms with Crippen LogP contribution in [0.2, 0.25) is 0 Å². The lowest BCUT2D eigenvalue weighted by Crippen LogP contribution is -2.23. The molecule has 0 aliphatic heterocycles. The molecule has 4 nitrogen and oxygen atoms in total. The van der Waals surface area contributed by atoms with E-state index >= 15 is 0 Å². The minimum absolute atomic E-state index is 0.360. The molecule has 0 aromatic carbocycles. The van der Waals surface area contributed by atoms with Crippen molar-refractivity contribution < 1.29 is 36.6 Å². The van der Waals surface area contributed by atoms with Gasteiger partial charge in [-0.1, -0.05) is 13.8 Å². The Balaban J connectivity index is 4.00. The maximum absolute atomic E-state index is 13.0. The van der Waals surface area contributed by atoms with Crippen molar-refractivity contribution in [3.63, 3.8) is 0 Å². The van der Waals surface area contributed by atoms with Gasteiger partial charge in [-0.2, -0.15) is 13.2 Å². The SMILES string of the molecule is CC(C)Cc1c(C(=O)Cl)c(C(F)F)nc(C(F)(F)F)c1C(=O)O. The minimum atomic E-state index is -5.28. The van der Waals surface area contributed by atoms with Gasteiger partial charge >= 0.3 is 12.1 Å². The fourth-order valence-electron chi connectivity index (χ4n) is 2.08. The van der Waals surface area contributed by atoms with Gasteiger partial charge in [0.2, 0.25) is 0 Å². The largest absolute Gasteiger partial charge is 0.478 e.